The number of benzene rings is 2. The Bertz CT molecular complexity index is 1010. The first kappa shape index (κ1) is 17.4. The van der Waals surface area contributed by atoms with Crippen LogP contribution >= 0.6 is 0 Å². The molecule has 1 aromatic heterocycles. The number of carbonyl (C=O) groups is 1. The molecule has 4 rings (SSSR count). The van der Waals surface area contributed by atoms with E-state index in [4.69, 9.17) is 4.74 Å². The summed E-state index contributed by atoms with van der Waals surface area (Å²) in [5, 5.41) is 13.0. The highest BCUT2D eigenvalue weighted by atomic mass is 16.5. The van der Waals surface area contributed by atoms with Gasteiger partial charge < -0.3 is 10.1 Å². The number of hydrogen-bond donors (Lipinski definition) is 1. The molecule has 3 aromatic rings. The lowest BCUT2D eigenvalue weighted by molar-refractivity contribution is 0.0952. The molecule has 0 atom stereocenters. The van der Waals surface area contributed by atoms with Crippen molar-refractivity contribution in [2.24, 2.45) is 0 Å². The first-order valence-electron chi connectivity index (χ1n) is 9.15. The van der Waals surface area contributed by atoms with Gasteiger partial charge in [-0.25, -0.2) is 0 Å². The van der Waals surface area contributed by atoms with Crippen LogP contribution in [0.25, 0.3) is 16.3 Å². The molecule has 0 aliphatic carbocycles. The first-order valence-corrected chi connectivity index (χ1v) is 9.15. The van der Waals surface area contributed by atoms with Crippen molar-refractivity contribution < 1.29 is 9.53 Å². The molecule has 138 valence electrons. The second kappa shape index (κ2) is 7.72. The van der Waals surface area contributed by atoms with E-state index in [0.717, 1.165) is 29.5 Å². The van der Waals surface area contributed by atoms with Crippen molar-refractivity contribution in [2.75, 3.05) is 19.8 Å². The molecule has 6 heteroatoms. The van der Waals surface area contributed by atoms with Crippen LogP contribution in [0.1, 0.15) is 28.0 Å². The number of aryl methyl sites for hydroxylation is 1. The van der Waals surface area contributed by atoms with Gasteiger partial charge in [0.1, 0.15) is 0 Å². The van der Waals surface area contributed by atoms with Gasteiger partial charge in [-0.2, -0.15) is 0 Å². The van der Waals surface area contributed by atoms with E-state index >= 15 is 0 Å². The molecule has 0 radical (unpaired) electrons. The minimum atomic E-state index is -0.0787. The number of aromatic nitrogens is 3. The lowest BCUT2D eigenvalue weighted by Gasteiger charge is -2.14. The zero-order valence-electron chi connectivity index (χ0n) is 15.3. The van der Waals surface area contributed by atoms with Gasteiger partial charge in [0, 0.05) is 18.3 Å². The zero-order chi connectivity index (χ0) is 18.6. The fraction of sp³-hybridized carbons (Fsp3) is 0.286. The van der Waals surface area contributed by atoms with Gasteiger partial charge >= 0.3 is 0 Å². The maximum absolute atomic E-state index is 12.4. The number of fused-ring (bicyclic) bond motifs is 1. The molecule has 27 heavy (non-hydrogen) atoms. The lowest BCUT2D eigenvalue weighted by atomic mass is 9.97. The smallest absolute Gasteiger partial charge is 0.251 e. The fourth-order valence-electron chi connectivity index (χ4n) is 3.27. The van der Waals surface area contributed by atoms with Crippen LogP contribution in [0.2, 0.25) is 0 Å². The van der Waals surface area contributed by atoms with Crippen LogP contribution in [-0.4, -0.2) is 40.7 Å². The maximum atomic E-state index is 12.4. The molecule has 0 saturated heterocycles. The Labute approximate surface area is 157 Å². The molecule has 0 bridgehead atoms. The van der Waals surface area contributed by atoms with Gasteiger partial charge in [0.25, 0.3) is 5.91 Å². The molecule has 1 N–H and O–H groups in total. The second-order valence-electron chi connectivity index (χ2n) is 6.71. The van der Waals surface area contributed by atoms with E-state index in [1.54, 1.807) is 4.68 Å². The van der Waals surface area contributed by atoms with Crippen molar-refractivity contribution in [2.45, 2.75) is 19.9 Å². The van der Waals surface area contributed by atoms with Crippen molar-refractivity contribution in [3.05, 3.63) is 65.5 Å². The van der Waals surface area contributed by atoms with Crippen molar-refractivity contribution in [3.8, 4) is 0 Å². The van der Waals surface area contributed by atoms with Crippen molar-refractivity contribution >= 4 is 22.3 Å². The predicted octanol–water partition coefficient (Wildman–Crippen LogP) is 2.97. The van der Waals surface area contributed by atoms with Crippen LogP contribution in [0, 0.1) is 6.92 Å². The third-order valence-corrected chi connectivity index (χ3v) is 4.72. The van der Waals surface area contributed by atoms with E-state index in [9.17, 15) is 4.79 Å². The average molecular weight is 362 g/mol. The number of amides is 1. The van der Waals surface area contributed by atoms with Crippen LogP contribution in [0.15, 0.2) is 48.7 Å². The quantitative estimate of drug-likeness (QED) is 0.758. The van der Waals surface area contributed by atoms with Gasteiger partial charge in [-0.3, -0.25) is 9.48 Å². The molecule has 6 nitrogen and oxygen atoms in total. The van der Waals surface area contributed by atoms with Gasteiger partial charge in [0.05, 0.1) is 25.5 Å². The Morgan fingerprint density at radius 2 is 2.07 bits per heavy atom. The van der Waals surface area contributed by atoms with E-state index in [0.29, 0.717) is 25.3 Å². The monoisotopic (exact) mass is 362 g/mol. The number of ether oxygens (including phenoxy) is 1. The highest BCUT2D eigenvalue weighted by Crippen LogP contribution is 2.25. The van der Waals surface area contributed by atoms with E-state index in [1.807, 2.05) is 31.3 Å². The molecule has 1 aliphatic heterocycles. The van der Waals surface area contributed by atoms with Crippen LogP contribution in [0.5, 0.6) is 0 Å². The molecular formula is C21H22N4O2. The Kier molecular flexibility index (Phi) is 4.98. The summed E-state index contributed by atoms with van der Waals surface area (Å²) in [4.78, 5) is 12.4. The summed E-state index contributed by atoms with van der Waals surface area (Å²) in [6.07, 6.45) is 4.94. The standard InChI is InChI=1S/C21H22N4O2/c1-15-14-25(24-23-15)9-8-22-21(26)20-5-4-18-12-17(2-3-19(18)13-20)16-6-10-27-11-7-16/h2-6,12-14H,7-11H2,1H3,(H,22,26). The number of rotatable bonds is 5. The summed E-state index contributed by atoms with van der Waals surface area (Å²) in [6.45, 7) is 4.45. The van der Waals surface area contributed by atoms with Crippen LogP contribution < -0.4 is 5.32 Å². The molecule has 1 amide bonds. The number of nitrogens with zero attached hydrogens (tertiary/aromatic N) is 3. The number of hydrogen-bond acceptors (Lipinski definition) is 4. The molecule has 2 heterocycles. The summed E-state index contributed by atoms with van der Waals surface area (Å²) in [7, 11) is 0. The first-order chi connectivity index (χ1) is 13.2. The summed E-state index contributed by atoms with van der Waals surface area (Å²) < 4.78 is 7.11. The maximum Gasteiger partial charge on any atom is 0.251 e. The predicted molar refractivity (Wildman–Crippen MR) is 104 cm³/mol. The number of nitrogens with one attached hydrogen (secondary N) is 1. The Morgan fingerprint density at radius 3 is 2.85 bits per heavy atom. The highest BCUT2D eigenvalue weighted by molar-refractivity contribution is 5.99. The van der Waals surface area contributed by atoms with Crippen LogP contribution in [0.4, 0.5) is 0 Å². The van der Waals surface area contributed by atoms with E-state index < -0.39 is 0 Å². The van der Waals surface area contributed by atoms with Crippen molar-refractivity contribution in [3.63, 3.8) is 0 Å². The van der Waals surface area contributed by atoms with Gasteiger partial charge in [-0.05, 0) is 53.5 Å². The van der Waals surface area contributed by atoms with Gasteiger partial charge in [-0.15, -0.1) is 5.10 Å². The van der Waals surface area contributed by atoms with Crippen LogP contribution in [0.3, 0.4) is 0 Å². The minimum Gasteiger partial charge on any atom is -0.377 e. The van der Waals surface area contributed by atoms with Crippen molar-refractivity contribution in [1.82, 2.24) is 20.3 Å². The topological polar surface area (TPSA) is 69.0 Å². The average Bonchev–Trinajstić information content (AvgIpc) is 3.13. The molecule has 0 spiro atoms. The third-order valence-electron chi connectivity index (χ3n) is 4.72. The van der Waals surface area contributed by atoms with Crippen LogP contribution in [-0.2, 0) is 11.3 Å². The van der Waals surface area contributed by atoms with Crippen molar-refractivity contribution in [1.29, 1.82) is 0 Å². The largest absolute Gasteiger partial charge is 0.377 e. The minimum absolute atomic E-state index is 0.0787. The molecule has 0 saturated carbocycles. The third kappa shape index (κ3) is 4.06. The molecule has 1 aliphatic rings. The van der Waals surface area contributed by atoms with Gasteiger partial charge in [0.2, 0.25) is 0 Å². The molecule has 2 aromatic carbocycles. The summed E-state index contributed by atoms with van der Waals surface area (Å²) in [5.41, 5.74) is 4.08. The van der Waals surface area contributed by atoms with Gasteiger partial charge in [0.15, 0.2) is 0 Å². The normalized spacial score (nSPS) is 14.2. The molecule has 0 unspecified atom stereocenters. The molecule has 0 fully saturated rings. The van der Waals surface area contributed by atoms with Gasteiger partial charge in [-0.1, -0.05) is 29.5 Å². The van der Waals surface area contributed by atoms with E-state index in [1.165, 1.54) is 11.1 Å². The van der Waals surface area contributed by atoms with E-state index in [-0.39, 0.29) is 5.91 Å². The number of carbonyl (C=O) groups excluding carboxylic acids is 1. The highest BCUT2D eigenvalue weighted by Gasteiger charge is 2.09. The zero-order valence-corrected chi connectivity index (χ0v) is 15.3. The SMILES string of the molecule is Cc1cn(CCNC(=O)c2ccc3cc(C4=CCOCC4)ccc3c2)nn1. The Balaban J connectivity index is 1.44. The molecular weight excluding hydrogens is 340 g/mol. The fourth-order valence-corrected chi connectivity index (χ4v) is 3.27. The summed E-state index contributed by atoms with van der Waals surface area (Å²) in [6, 6.07) is 12.2. The Morgan fingerprint density at radius 1 is 1.22 bits per heavy atom. The van der Waals surface area contributed by atoms with E-state index in [2.05, 4.69) is 39.9 Å². The lowest BCUT2D eigenvalue weighted by Crippen LogP contribution is -2.27. The summed E-state index contributed by atoms with van der Waals surface area (Å²) in [5.74, 6) is -0.0787. The Hall–Kier alpha value is -2.99. The second-order valence-corrected chi connectivity index (χ2v) is 6.71. The summed E-state index contributed by atoms with van der Waals surface area (Å²) >= 11 is 0.